The summed E-state index contributed by atoms with van der Waals surface area (Å²) in [5, 5.41) is 21.8. The van der Waals surface area contributed by atoms with E-state index in [1.165, 1.54) is 36.3 Å². The summed E-state index contributed by atoms with van der Waals surface area (Å²) in [5.41, 5.74) is 0.596. The second-order valence-electron chi connectivity index (χ2n) is 6.89. The predicted molar refractivity (Wildman–Crippen MR) is 110 cm³/mol. The SMILES string of the molecule is CCCCN1C(=O)C(=O)/C(=C(/O)c2ccc([N+](=O)[O-])cc2)C1c1ccccc1OC. The summed E-state index contributed by atoms with van der Waals surface area (Å²) in [6.45, 7) is 2.33. The molecule has 1 aliphatic rings. The zero-order valence-corrected chi connectivity index (χ0v) is 16.7. The highest BCUT2D eigenvalue weighted by atomic mass is 16.6. The van der Waals surface area contributed by atoms with E-state index in [1.54, 1.807) is 24.3 Å². The highest BCUT2D eigenvalue weighted by molar-refractivity contribution is 6.46. The standard InChI is InChI=1S/C22H22N2O6/c1-3-4-13-23-19(16-7-5-6-8-17(16)30-2)18(21(26)22(23)27)20(25)14-9-11-15(12-10-14)24(28)29/h5-12,19,25H,3-4,13H2,1-2H3/b20-18+. The van der Waals surface area contributed by atoms with Crippen molar-refractivity contribution in [2.45, 2.75) is 25.8 Å². The zero-order chi connectivity index (χ0) is 21.8. The van der Waals surface area contributed by atoms with E-state index >= 15 is 0 Å². The van der Waals surface area contributed by atoms with Crippen molar-refractivity contribution in [3.05, 3.63) is 75.3 Å². The Kier molecular flexibility index (Phi) is 6.15. The van der Waals surface area contributed by atoms with Gasteiger partial charge in [-0.2, -0.15) is 0 Å². The van der Waals surface area contributed by atoms with Crippen LogP contribution in [-0.2, 0) is 9.59 Å². The molecule has 0 aliphatic carbocycles. The Hall–Kier alpha value is -3.68. The molecule has 1 aliphatic heterocycles. The maximum Gasteiger partial charge on any atom is 0.295 e. The van der Waals surface area contributed by atoms with E-state index in [2.05, 4.69) is 0 Å². The first-order valence-corrected chi connectivity index (χ1v) is 9.56. The maximum atomic E-state index is 12.9. The van der Waals surface area contributed by atoms with Gasteiger partial charge in [0.2, 0.25) is 0 Å². The van der Waals surface area contributed by atoms with Gasteiger partial charge in [0.1, 0.15) is 11.5 Å². The van der Waals surface area contributed by atoms with Crippen LogP contribution in [0.1, 0.15) is 36.9 Å². The first kappa shape index (κ1) is 21.0. The van der Waals surface area contributed by atoms with Crippen LogP contribution in [0, 0.1) is 10.1 Å². The Labute approximate surface area is 173 Å². The number of unbranched alkanes of at least 4 members (excludes halogenated alkanes) is 1. The van der Waals surface area contributed by atoms with E-state index in [0.29, 0.717) is 24.3 Å². The van der Waals surface area contributed by atoms with E-state index in [9.17, 15) is 24.8 Å². The number of hydrogen-bond donors (Lipinski definition) is 1. The fraction of sp³-hybridized carbons (Fsp3) is 0.273. The van der Waals surface area contributed by atoms with Gasteiger partial charge in [0.05, 0.1) is 23.6 Å². The minimum atomic E-state index is -0.817. The number of aliphatic hydroxyl groups is 1. The second kappa shape index (κ2) is 8.77. The van der Waals surface area contributed by atoms with Crippen LogP contribution in [-0.4, -0.2) is 40.3 Å². The number of carbonyl (C=O) groups excluding carboxylic acids is 2. The molecule has 0 aromatic heterocycles. The number of hydrogen-bond acceptors (Lipinski definition) is 6. The summed E-state index contributed by atoms with van der Waals surface area (Å²) in [4.78, 5) is 37.5. The highest BCUT2D eigenvalue weighted by Crippen LogP contribution is 2.42. The molecule has 1 heterocycles. The number of aliphatic hydroxyl groups excluding tert-OH is 1. The molecular formula is C22H22N2O6. The van der Waals surface area contributed by atoms with Gasteiger partial charge in [0, 0.05) is 29.8 Å². The Morgan fingerprint density at radius 2 is 1.83 bits per heavy atom. The number of non-ortho nitro benzene ring substituents is 1. The van der Waals surface area contributed by atoms with Crippen LogP contribution >= 0.6 is 0 Å². The molecular weight excluding hydrogens is 388 g/mol. The Morgan fingerprint density at radius 1 is 1.17 bits per heavy atom. The monoisotopic (exact) mass is 410 g/mol. The summed E-state index contributed by atoms with van der Waals surface area (Å²) in [6.07, 6.45) is 1.51. The number of nitro benzene ring substituents is 1. The summed E-state index contributed by atoms with van der Waals surface area (Å²) >= 11 is 0. The Balaban J connectivity index is 2.18. The van der Waals surface area contributed by atoms with E-state index in [-0.39, 0.29) is 22.6 Å². The van der Waals surface area contributed by atoms with E-state index in [0.717, 1.165) is 6.42 Å². The molecule has 3 rings (SSSR count). The van der Waals surface area contributed by atoms with Crippen molar-refractivity contribution >= 4 is 23.1 Å². The van der Waals surface area contributed by atoms with Crippen LogP contribution in [0.25, 0.3) is 5.76 Å². The van der Waals surface area contributed by atoms with Crippen molar-refractivity contribution in [3.8, 4) is 5.75 Å². The van der Waals surface area contributed by atoms with Crippen molar-refractivity contribution in [2.24, 2.45) is 0 Å². The van der Waals surface area contributed by atoms with Gasteiger partial charge in [-0.15, -0.1) is 0 Å². The number of methoxy groups -OCH3 is 1. The average molecular weight is 410 g/mol. The normalized spacial score (nSPS) is 17.9. The molecule has 1 N–H and O–H groups in total. The number of benzene rings is 2. The van der Waals surface area contributed by atoms with Crippen LogP contribution in [0.4, 0.5) is 5.69 Å². The number of para-hydroxylation sites is 1. The van der Waals surface area contributed by atoms with Gasteiger partial charge in [-0.25, -0.2) is 0 Å². The third-order valence-electron chi connectivity index (χ3n) is 5.08. The third-order valence-corrected chi connectivity index (χ3v) is 5.08. The van der Waals surface area contributed by atoms with Gasteiger partial charge in [-0.3, -0.25) is 19.7 Å². The molecule has 8 heteroatoms. The fourth-order valence-corrected chi connectivity index (χ4v) is 3.55. The largest absolute Gasteiger partial charge is 0.507 e. The number of carbonyl (C=O) groups is 2. The van der Waals surface area contributed by atoms with Gasteiger partial charge in [0.15, 0.2) is 0 Å². The Bertz CT molecular complexity index is 1010. The third kappa shape index (κ3) is 3.76. The molecule has 1 fully saturated rings. The van der Waals surface area contributed by atoms with E-state index in [4.69, 9.17) is 4.74 Å². The minimum absolute atomic E-state index is 0.0607. The minimum Gasteiger partial charge on any atom is -0.507 e. The van der Waals surface area contributed by atoms with E-state index in [1.807, 2.05) is 6.92 Å². The number of ketones is 1. The van der Waals surface area contributed by atoms with Crippen LogP contribution in [0.2, 0.25) is 0 Å². The quantitative estimate of drug-likeness (QED) is 0.244. The molecule has 156 valence electrons. The lowest BCUT2D eigenvalue weighted by atomic mass is 9.94. The molecule has 30 heavy (non-hydrogen) atoms. The predicted octanol–water partition coefficient (Wildman–Crippen LogP) is 3.83. The van der Waals surface area contributed by atoms with Crippen LogP contribution in [0.15, 0.2) is 54.1 Å². The molecule has 2 aromatic rings. The van der Waals surface area contributed by atoms with Gasteiger partial charge >= 0.3 is 0 Å². The lowest BCUT2D eigenvalue weighted by molar-refractivity contribution is -0.384. The van der Waals surface area contributed by atoms with Gasteiger partial charge in [0.25, 0.3) is 17.4 Å². The zero-order valence-electron chi connectivity index (χ0n) is 16.7. The number of ether oxygens (including phenoxy) is 1. The molecule has 8 nitrogen and oxygen atoms in total. The molecule has 1 atom stereocenters. The van der Waals surface area contributed by atoms with Crippen LogP contribution < -0.4 is 4.74 Å². The lowest BCUT2D eigenvalue weighted by Gasteiger charge is -2.26. The second-order valence-corrected chi connectivity index (χ2v) is 6.89. The van der Waals surface area contributed by atoms with Crippen molar-refractivity contribution in [1.29, 1.82) is 0 Å². The fourth-order valence-electron chi connectivity index (χ4n) is 3.55. The topological polar surface area (TPSA) is 110 Å². The molecule has 1 saturated heterocycles. The molecule has 0 radical (unpaired) electrons. The summed E-state index contributed by atoms with van der Waals surface area (Å²) in [5.74, 6) is -1.38. The van der Waals surface area contributed by atoms with Crippen LogP contribution in [0.3, 0.4) is 0 Å². The smallest absolute Gasteiger partial charge is 0.295 e. The molecule has 2 aromatic carbocycles. The number of amides is 1. The van der Waals surface area contributed by atoms with Crippen molar-refractivity contribution in [3.63, 3.8) is 0 Å². The summed E-state index contributed by atoms with van der Waals surface area (Å²) in [6, 6.07) is 11.4. The number of likely N-dealkylation sites (tertiary alicyclic amines) is 1. The molecule has 0 spiro atoms. The number of rotatable bonds is 7. The summed E-state index contributed by atoms with van der Waals surface area (Å²) < 4.78 is 5.43. The van der Waals surface area contributed by atoms with Crippen molar-refractivity contribution in [2.75, 3.05) is 13.7 Å². The lowest BCUT2D eigenvalue weighted by Crippen LogP contribution is -2.30. The van der Waals surface area contributed by atoms with Gasteiger partial charge in [-0.1, -0.05) is 31.5 Å². The van der Waals surface area contributed by atoms with Gasteiger partial charge < -0.3 is 14.7 Å². The van der Waals surface area contributed by atoms with Crippen molar-refractivity contribution < 1.29 is 24.4 Å². The number of nitro groups is 1. The number of Topliss-reactive ketones (excluding diaryl/α,β-unsaturated/α-hetero) is 1. The first-order valence-electron chi connectivity index (χ1n) is 9.56. The van der Waals surface area contributed by atoms with Crippen LogP contribution in [0.5, 0.6) is 5.75 Å². The number of nitrogens with zero attached hydrogens (tertiary/aromatic N) is 2. The van der Waals surface area contributed by atoms with Crippen molar-refractivity contribution in [1.82, 2.24) is 4.90 Å². The average Bonchev–Trinajstić information content (AvgIpc) is 3.01. The molecule has 0 saturated carbocycles. The van der Waals surface area contributed by atoms with E-state index < -0.39 is 22.7 Å². The first-order chi connectivity index (χ1) is 14.4. The highest BCUT2D eigenvalue weighted by Gasteiger charge is 2.46. The molecule has 1 amide bonds. The maximum absolute atomic E-state index is 12.9. The molecule has 0 bridgehead atoms. The molecule has 1 unspecified atom stereocenters. The summed E-state index contributed by atoms with van der Waals surface area (Å²) in [7, 11) is 1.49. The Morgan fingerprint density at radius 3 is 2.43 bits per heavy atom. The van der Waals surface area contributed by atoms with Gasteiger partial charge in [-0.05, 0) is 24.6 Å².